The summed E-state index contributed by atoms with van der Waals surface area (Å²) in [4.78, 5) is 4.17. The molecule has 1 aromatic carbocycles. The minimum Gasteiger partial charge on any atom is -0.495 e. The zero-order valence-electron chi connectivity index (χ0n) is 11.5. The van der Waals surface area contributed by atoms with Gasteiger partial charge in [-0.25, -0.2) is 4.98 Å². The van der Waals surface area contributed by atoms with Crippen molar-refractivity contribution in [3.05, 3.63) is 52.7 Å². The number of aromatic nitrogens is 1. The van der Waals surface area contributed by atoms with Gasteiger partial charge in [0, 0.05) is 18.3 Å². The number of halogens is 1. The molecular formula is C15H17ClN2O2. The number of benzene rings is 1. The molecule has 2 rings (SSSR count). The van der Waals surface area contributed by atoms with Crippen molar-refractivity contribution in [1.29, 1.82) is 0 Å². The van der Waals surface area contributed by atoms with Crippen LogP contribution in [-0.4, -0.2) is 19.2 Å². The zero-order valence-corrected chi connectivity index (χ0v) is 12.2. The molecule has 0 bridgehead atoms. The van der Waals surface area contributed by atoms with Crippen molar-refractivity contribution in [2.75, 3.05) is 14.2 Å². The standard InChI is InChI=1S/C15H17ClN2O2/c1-19-14-8-11(4-5-12(14)16)13(17)7-10-3-6-15(20-2)18-9-10/h3-6,8-9,13H,7,17H2,1-2H3. The molecule has 2 N–H and O–H groups in total. The van der Waals surface area contributed by atoms with Gasteiger partial charge >= 0.3 is 0 Å². The predicted molar refractivity (Wildman–Crippen MR) is 79.4 cm³/mol. The van der Waals surface area contributed by atoms with Crippen LogP contribution in [0.25, 0.3) is 0 Å². The van der Waals surface area contributed by atoms with Crippen LogP contribution in [0.1, 0.15) is 17.2 Å². The lowest BCUT2D eigenvalue weighted by Gasteiger charge is -2.14. The first kappa shape index (κ1) is 14.6. The van der Waals surface area contributed by atoms with Gasteiger partial charge in [-0.2, -0.15) is 0 Å². The van der Waals surface area contributed by atoms with Crippen LogP contribution in [0.2, 0.25) is 5.02 Å². The molecule has 0 saturated carbocycles. The number of ether oxygens (including phenoxy) is 2. The third kappa shape index (κ3) is 3.40. The van der Waals surface area contributed by atoms with Crippen molar-refractivity contribution in [2.45, 2.75) is 12.5 Å². The Hall–Kier alpha value is -1.78. The van der Waals surface area contributed by atoms with Gasteiger partial charge in [-0.3, -0.25) is 0 Å². The monoisotopic (exact) mass is 292 g/mol. The molecule has 0 amide bonds. The SMILES string of the molecule is COc1ccc(CC(N)c2ccc(Cl)c(OC)c2)cn1. The first-order valence-electron chi connectivity index (χ1n) is 6.22. The van der Waals surface area contributed by atoms with Crippen LogP contribution < -0.4 is 15.2 Å². The maximum Gasteiger partial charge on any atom is 0.212 e. The molecule has 106 valence electrons. The molecule has 1 heterocycles. The first-order valence-corrected chi connectivity index (χ1v) is 6.59. The van der Waals surface area contributed by atoms with E-state index in [4.69, 9.17) is 26.8 Å². The highest BCUT2D eigenvalue weighted by Crippen LogP contribution is 2.28. The Balaban J connectivity index is 2.12. The van der Waals surface area contributed by atoms with Gasteiger partial charge in [-0.1, -0.05) is 23.7 Å². The number of nitrogens with zero attached hydrogens (tertiary/aromatic N) is 1. The van der Waals surface area contributed by atoms with Crippen molar-refractivity contribution in [3.63, 3.8) is 0 Å². The number of pyridine rings is 1. The van der Waals surface area contributed by atoms with Gasteiger partial charge < -0.3 is 15.2 Å². The molecular weight excluding hydrogens is 276 g/mol. The molecule has 0 radical (unpaired) electrons. The van der Waals surface area contributed by atoms with Crippen molar-refractivity contribution in [3.8, 4) is 11.6 Å². The summed E-state index contributed by atoms with van der Waals surface area (Å²) in [5.41, 5.74) is 8.24. The lowest BCUT2D eigenvalue weighted by Crippen LogP contribution is -2.13. The summed E-state index contributed by atoms with van der Waals surface area (Å²) in [6.45, 7) is 0. The Morgan fingerprint density at radius 2 is 2.00 bits per heavy atom. The fourth-order valence-electron chi connectivity index (χ4n) is 1.93. The van der Waals surface area contributed by atoms with Crippen LogP contribution in [0, 0.1) is 0 Å². The Labute approximate surface area is 123 Å². The van der Waals surface area contributed by atoms with E-state index in [-0.39, 0.29) is 6.04 Å². The third-order valence-electron chi connectivity index (χ3n) is 3.07. The maximum atomic E-state index is 6.21. The van der Waals surface area contributed by atoms with Crippen molar-refractivity contribution < 1.29 is 9.47 Å². The summed E-state index contributed by atoms with van der Waals surface area (Å²) >= 11 is 6.00. The van der Waals surface area contributed by atoms with E-state index >= 15 is 0 Å². The summed E-state index contributed by atoms with van der Waals surface area (Å²) in [5.74, 6) is 1.22. The number of hydrogen-bond donors (Lipinski definition) is 1. The minimum absolute atomic E-state index is 0.142. The van der Waals surface area contributed by atoms with Gasteiger partial charge in [0.15, 0.2) is 0 Å². The zero-order chi connectivity index (χ0) is 14.5. The lowest BCUT2D eigenvalue weighted by atomic mass is 10.0. The quantitative estimate of drug-likeness (QED) is 0.920. The number of rotatable bonds is 5. The number of nitrogens with two attached hydrogens (primary N) is 1. The average molecular weight is 293 g/mol. The normalized spacial score (nSPS) is 12.0. The lowest BCUT2D eigenvalue weighted by molar-refractivity contribution is 0.397. The average Bonchev–Trinajstić information content (AvgIpc) is 2.48. The van der Waals surface area contributed by atoms with Crippen molar-refractivity contribution in [2.24, 2.45) is 5.73 Å². The summed E-state index contributed by atoms with van der Waals surface area (Å²) in [6.07, 6.45) is 2.45. The summed E-state index contributed by atoms with van der Waals surface area (Å²) in [5, 5.41) is 0.578. The van der Waals surface area contributed by atoms with Crippen LogP contribution >= 0.6 is 11.6 Å². The van der Waals surface area contributed by atoms with Crippen molar-refractivity contribution in [1.82, 2.24) is 4.98 Å². The molecule has 20 heavy (non-hydrogen) atoms. The Kier molecular flexibility index (Phi) is 4.82. The van der Waals surface area contributed by atoms with Gasteiger partial charge in [0.05, 0.1) is 19.2 Å². The maximum absolute atomic E-state index is 6.21. The summed E-state index contributed by atoms with van der Waals surface area (Å²) in [7, 11) is 3.18. The number of hydrogen-bond acceptors (Lipinski definition) is 4. The highest BCUT2D eigenvalue weighted by atomic mass is 35.5. The molecule has 0 aliphatic rings. The van der Waals surface area contributed by atoms with Gasteiger partial charge in [0.2, 0.25) is 5.88 Å². The molecule has 1 unspecified atom stereocenters. The molecule has 1 atom stereocenters. The van der Waals surface area contributed by atoms with Crippen LogP contribution in [0.4, 0.5) is 0 Å². The molecule has 0 saturated heterocycles. The molecule has 1 aromatic heterocycles. The van der Waals surface area contributed by atoms with E-state index in [0.29, 0.717) is 23.1 Å². The molecule has 0 spiro atoms. The van der Waals surface area contributed by atoms with E-state index in [1.807, 2.05) is 24.3 Å². The molecule has 4 nitrogen and oxygen atoms in total. The molecule has 0 fully saturated rings. The number of methoxy groups -OCH3 is 2. The van der Waals surface area contributed by atoms with E-state index in [0.717, 1.165) is 11.1 Å². The Morgan fingerprint density at radius 1 is 1.20 bits per heavy atom. The largest absolute Gasteiger partial charge is 0.495 e. The van der Waals surface area contributed by atoms with Gasteiger partial charge in [-0.05, 0) is 29.7 Å². The minimum atomic E-state index is -0.142. The summed E-state index contributed by atoms with van der Waals surface area (Å²) < 4.78 is 10.2. The predicted octanol–water partition coefficient (Wildman–Crippen LogP) is 2.99. The smallest absolute Gasteiger partial charge is 0.212 e. The molecule has 5 heteroatoms. The highest BCUT2D eigenvalue weighted by Gasteiger charge is 2.10. The Bertz CT molecular complexity index is 573. The fourth-order valence-corrected chi connectivity index (χ4v) is 2.13. The highest BCUT2D eigenvalue weighted by molar-refractivity contribution is 6.32. The van der Waals surface area contributed by atoms with E-state index in [9.17, 15) is 0 Å². The second-order valence-electron chi connectivity index (χ2n) is 4.41. The van der Waals surface area contributed by atoms with Gasteiger partial charge in [0.1, 0.15) is 5.75 Å². The van der Waals surface area contributed by atoms with Crippen LogP contribution in [0.5, 0.6) is 11.6 Å². The van der Waals surface area contributed by atoms with E-state index in [2.05, 4.69) is 4.98 Å². The Morgan fingerprint density at radius 3 is 2.60 bits per heavy atom. The third-order valence-corrected chi connectivity index (χ3v) is 3.38. The summed E-state index contributed by atoms with van der Waals surface area (Å²) in [6, 6.07) is 9.21. The molecule has 0 aliphatic heterocycles. The van der Waals surface area contributed by atoms with Crippen molar-refractivity contribution >= 4 is 11.6 Å². The second-order valence-corrected chi connectivity index (χ2v) is 4.82. The topological polar surface area (TPSA) is 57.4 Å². The van der Waals surface area contributed by atoms with Crippen LogP contribution in [-0.2, 0) is 6.42 Å². The molecule has 0 aliphatic carbocycles. The van der Waals surface area contributed by atoms with Gasteiger partial charge in [-0.15, -0.1) is 0 Å². The fraction of sp³-hybridized carbons (Fsp3) is 0.267. The second kappa shape index (κ2) is 6.59. The van der Waals surface area contributed by atoms with Crippen LogP contribution in [0.3, 0.4) is 0 Å². The van der Waals surface area contributed by atoms with Gasteiger partial charge in [0.25, 0.3) is 0 Å². The molecule has 2 aromatic rings. The first-order chi connectivity index (χ1) is 9.63. The van der Waals surface area contributed by atoms with E-state index in [1.165, 1.54) is 0 Å². The van der Waals surface area contributed by atoms with Crippen LogP contribution in [0.15, 0.2) is 36.5 Å². The van der Waals surface area contributed by atoms with E-state index in [1.54, 1.807) is 26.5 Å². The van der Waals surface area contributed by atoms with E-state index < -0.39 is 0 Å².